The molecule has 0 saturated carbocycles. The Bertz CT molecular complexity index is 1100. The Balaban J connectivity index is 2.31. The van der Waals surface area contributed by atoms with Crippen LogP contribution in [0.3, 0.4) is 0 Å². The van der Waals surface area contributed by atoms with E-state index in [4.69, 9.17) is 9.47 Å². The number of rotatable bonds is 6. The number of nitro benzene ring substituents is 2. The standard InChI is InChI=1S/C18H15N3O7/c1-3-28-18(22)14-10-19(15-7-5-12(27-2)9-13(14)15)16-6-4-11(20(23)24)8-17(16)21(25)26/h4-10H,3H2,1-2H3. The van der Waals surface area contributed by atoms with Crippen molar-refractivity contribution >= 4 is 28.2 Å². The lowest BCUT2D eigenvalue weighted by Crippen LogP contribution is -2.04. The number of methoxy groups -OCH3 is 1. The van der Waals surface area contributed by atoms with Crippen LogP contribution >= 0.6 is 0 Å². The second-order valence-corrected chi connectivity index (χ2v) is 5.70. The zero-order valence-electron chi connectivity index (χ0n) is 14.9. The van der Waals surface area contributed by atoms with E-state index in [0.717, 1.165) is 6.07 Å². The molecule has 0 aliphatic heterocycles. The van der Waals surface area contributed by atoms with Crippen molar-refractivity contribution in [3.8, 4) is 11.4 Å². The summed E-state index contributed by atoms with van der Waals surface area (Å²) in [6.45, 7) is 1.83. The van der Waals surface area contributed by atoms with E-state index in [1.165, 1.54) is 30.0 Å². The van der Waals surface area contributed by atoms with Crippen molar-refractivity contribution in [2.75, 3.05) is 13.7 Å². The Kier molecular flexibility index (Phi) is 4.94. The quantitative estimate of drug-likeness (QED) is 0.360. The molecule has 10 heteroatoms. The summed E-state index contributed by atoms with van der Waals surface area (Å²) in [5.41, 5.74) is -0.0953. The first-order valence-electron chi connectivity index (χ1n) is 8.16. The van der Waals surface area contributed by atoms with Gasteiger partial charge in [-0.2, -0.15) is 0 Å². The van der Waals surface area contributed by atoms with E-state index in [1.807, 2.05) is 0 Å². The Morgan fingerprint density at radius 1 is 1.11 bits per heavy atom. The molecule has 1 aromatic heterocycles. The third kappa shape index (κ3) is 3.22. The van der Waals surface area contributed by atoms with Crippen molar-refractivity contribution in [2.45, 2.75) is 6.92 Å². The van der Waals surface area contributed by atoms with Crippen LogP contribution in [0.4, 0.5) is 11.4 Å². The molecule has 0 saturated heterocycles. The second kappa shape index (κ2) is 7.35. The Morgan fingerprint density at radius 2 is 1.86 bits per heavy atom. The Hall–Kier alpha value is -3.95. The summed E-state index contributed by atoms with van der Waals surface area (Å²) in [5, 5.41) is 23.0. The number of aromatic nitrogens is 1. The zero-order valence-corrected chi connectivity index (χ0v) is 14.9. The predicted molar refractivity (Wildman–Crippen MR) is 99.1 cm³/mol. The van der Waals surface area contributed by atoms with Crippen molar-refractivity contribution in [3.63, 3.8) is 0 Å². The topological polar surface area (TPSA) is 127 Å². The maximum absolute atomic E-state index is 12.4. The zero-order chi connectivity index (χ0) is 20.4. The maximum atomic E-state index is 12.4. The van der Waals surface area contributed by atoms with Crippen LogP contribution in [0.5, 0.6) is 5.75 Å². The molecule has 0 fully saturated rings. The molecule has 144 valence electrons. The van der Waals surface area contributed by atoms with E-state index in [-0.39, 0.29) is 17.9 Å². The molecular formula is C18H15N3O7. The number of esters is 1. The van der Waals surface area contributed by atoms with Crippen LogP contribution in [0.25, 0.3) is 16.6 Å². The average Bonchev–Trinajstić information content (AvgIpc) is 3.06. The second-order valence-electron chi connectivity index (χ2n) is 5.70. The molecule has 0 unspecified atom stereocenters. The number of benzene rings is 2. The lowest BCUT2D eigenvalue weighted by molar-refractivity contribution is -0.394. The molecule has 0 aliphatic rings. The summed E-state index contributed by atoms with van der Waals surface area (Å²) in [4.78, 5) is 33.4. The van der Waals surface area contributed by atoms with Crippen LogP contribution < -0.4 is 4.74 Å². The fourth-order valence-electron chi connectivity index (χ4n) is 2.88. The first-order chi connectivity index (χ1) is 13.4. The lowest BCUT2D eigenvalue weighted by atomic mass is 10.1. The van der Waals surface area contributed by atoms with Crippen molar-refractivity contribution in [3.05, 3.63) is 68.4 Å². The van der Waals surface area contributed by atoms with Crippen LogP contribution in [0, 0.1) is 20.2 Å². The highest BCUT2D eigenvalue weighted by atomic mass is 16.6. The molecule has 3 aromatic rings. The van der Waals surface area contributed by atoms with Gasteiger partial charge in [0.25, 0.3) is 11.4 Å². The molecule has 10 nitrogen and oxygen atoms in total. The predicted octanol–water partition coefficient (Wildman–Crippen LogP) is 3.63. The van der Waals surface area contributed by atoms with Gasteiger partial charge in [0, 0.05) is 17.6 Å². The summed E-state index contributed by atoms with van der Waals surface area (Å²) < 4.78 is 11.7. The smallest absolute Gasteiger partial charge is 0.340 e. The molecule has 1 heterocycles. The minimum Gasteiger partial charge on any atom is -0.497 e. The van der Waals surface area contributed by atoms with Gasteiger partial charge in [0.2, 0.25) is 0 Å². The molecule has 0 spiro atoms. The molecule has 2 aromatic carbocycles. The van der Waals surface area contributed by atoms with Gasteiger partial charge in [0.05, 0.1) is 40.7 Å². The van der Waals surface area contributed by atoms with Crippen molar-refractivity contribution < 1.29 is 24.1 Å². The summed E-state index contributed by atoms with van der Waals surface area (Å²) >= 11 is 0. The van der Waals surface area contributed by atoms with Crippen LogP contribution in [0.1, 0.15) is 17.3 Å². The van der Waals surface area contributed by atoms with Gasteiger partial charge in [-0.05, 0) is 31.2 Å². The number of fused-ring (bicyclic) bond motifs is 1. The van der Waals surface area contributed by atoms with E-state index >= 15 is 0 Å². The minimum atomic E-state index is -0.709. The van der Waals surface area contributed by atoms with E-state index < -0.39 is 27.2 Å². The number of carbonyl (C=O) groups excluding carboxylic acids is 1. The van der Waals surface area contributed by atoms with Crippen LogP contribution in [-0.2, 0) is 4.74 Å². The van der Waals surface area contributed by atoms with Crippen molar-refractivity contribution in [1.29, 1.82) is 0 Å². The van der Waals surface area contributed by atoms with Gasteiger partial charge >= 0.3 is 5.97 Å². The largest absolute Gasteiger partial charge is 0.497 e. The van der Waals surface area contributed by atoms with E-state index in [2.05, 4.69) is 0 Å². The highest BCUT2D eigenvalue weighted by Gasteiger charge is 2.24. The summed E-state index contributed by atoms with van der Waals surface area (Å²) in [6, 6.07) is 8.23. The molecule has 0 bridgehead atoms. The first-order valence-corrected chi connectivity index (χ1v) is 8.16. The third-order valence-corrected chi connectivity index (χ3v) is 4.13. The fraction of sp³-hybridized carbons (Fsp3) is 0.167. The highest BCUT2D eigenvalue weighted by molar-refractivity contribution is 6.05. The number of carbonyl (C=O) groups is 1. The summed E-state index contributed by atoms with van der Waals surface area (Å²) in [7, 11) is 1.48. The normalized spacial score (nSPS) is 10.6. The summed E-state index contributed by atoms with van der Waals surface area (Å²) in [6.07, 6.45) is 1.41. The maximum Gasteiger partial charge on any atom is 0.340 e. The van der Waals surface area contributed by atoms with Gasteiger partial charge in [-0.25, -0.2) is 4.79 Å². The summed E-state index contributed by atoms with van der Waals surface area (Å²) in [5.74, 6) is -0.0990. The number of hydrogen-bond donors (Lipinski definition) is 0. The Morgan fingerprint density at radius 3 is 2.46 bits per heavy atom. The molecule has 0 atom stereocenters. The molecule has 0 N–H and O–H groups in total. The number of ether oxygens (including phenoxy) is 2. The molecule has 28 heavy (non-hydrogen) atoms. The average molecular weight is 385 g/mol. The van der Waals surface area contributed by atoms with Crippen molar-refractivity contribution in [1.82, 2.24) is 4.57 Å². The van der Waals surface area contributed by atoms with Crippen LogP contribution in [0.2, 0.25) is 0 Å². The molecule has 0 aliphatic carbocycles. The number of nitro groups is 2. The van der Waals surface area contributed by atoms with Gasteiger partial charge in [-0.1, -0.05) is 0 Å². The van der Waals surface area contributed by atoms with Gasteiger partial charge in [0.15, 0.2) is 0 Å². The number of non-ortho nitro benzene ring substituents is 1. The number of nitrogens with zero attached hydrogens (tertiary/aromatic N) is 3. The highest BCUT2D eigenvalue weighted by Crippen LogP contribution is 2.34. The van der Waals surface area contributed by atoms with Gasteiger partial charge in [-0.15, -0.1) is 0 Å². The molecule has 0 amide bonds. The van der Waals surface area contributed by atoms with Crippen LogP contribution in [-0.4, -0.2) is 34.1 Å². The third-order valence-electron chi connectivity index (χ3n) is 4.13. The van der Waals surface area contributed by atoms with E-state index in [1.54, 1.807) is 25.1 Å². The molecular weight excluding hydrogens is 370 g/mol. The van der Waals surface area contributed by atoms with Gasteiger partial charge in [0.1, 0.15) is 11.4 Å². The lowest BCUT2D eigenvalue weighted by Gasteiger charge is -2.07. The van der Waals surface area contributed by atoms with E-state index in [9.17, 15) is 25.0 Å². The van der Waals surface area contributed by atoms with Crippen LogP contribution in [0.15, 0.2) is 42.6 Å². The van der Waals surface area contributed by atoms with Gasteiger partial charge < -0.3 is 14.0 Å². The number of hydrogen-bond acceptors (Lipinski definition) is 7. The fourth-order valence-corrected chi connectivity index (χ4v) is 2.88. The molecule has 3 rings (SSSR count). The monoisotopic (exact) mass is 385 g/mol. The molecule has 0 radical (unpaired) electrons. The van der Waals surface area contributed by atoms with Crippen molar-refractivity contribution in [2.24, 2.45) is 0 Å². The SMILES string of the molecule is CCOC(=O)c1cn(-c2ccc([N+](=O)[O-])cc2[N+](=O)[O-])c2ccc(OC)cc12. The minimum absolute atomic E-state index is 0.0846. The van der Waals surface area contributed by atoms with E-state index in [0.29, 0.717) is 16.7 Å². The van der Waals surface area contributed by atoms with Gasteiger partial charge in [-0.3, -0.25) is 20.2 Å². The first kappa shape index (κ1) is 18.8. The Labute approximate surface area is 158 Å².